The zero-order valence-electron chi connectivity index (χ0n) is 18.7. The number of oxime groups is 1. The Morgan fingerprint density at radius 3 is 2.32 bits per heavy atom. The third-order valence-electron chi connectivity index (χ3n) is 5.12. The van der Waals surface area contributed by atoms with Gasteiger partial charge in [-0.15, -0.1) is 0 Å². The summed E-state index contributed by atoms with van der Waals surface area (Å²) in [6.07, 6.45) is -0.955. The van der Waals surface area contributed by atoms with Gasteiger partial charge in [0.15, 0.2) is 6.10 Å². The highest BCUT2D eigenvalue weighted by Crippen LogP contribution is 2.16. The van der Waals surface area contributed by atoms with Crippen molar-refractivity contribution in [2.45, 2.75) is 44.6 Å². The van der Waals surface area contributed by atoms with Crippen molar-refractivity contribution in [1.82, 2.24) is 10.2 Å². The molecule has 34 heavy (non-hydrogen) atoms. The average Bonchev–Trinajstić information content (AvgIpc) is 3.27. The number of ether oxygens (including phenoxy) is 1. The molecule has 0 radical (unpaired) electrons. The van der Waals surface area contributed by atoms with Gasteiger partial charge in [-0.1, -0.05) is 77.4 Å². The zero-order chi connectivity index (χ0) is 24.5. The number of hydrogen-bond acceptors (Lipinski definition) is 7. The first-order valence-electron chi connectivity index (χ1n) is 10.8. The lowest BCUT2D eigenvalue weighted by Gasteiger charge is -2.30. The van der Waals surface area contributed by atoms with Crippen LogP contribution in [0.4, 0.5) is 4.79 Å². The molecular weight excluding hydrogens is 460 g/mol. The topological polar surface area (TPSA) is 123 Å². The van der Waals surface area contributed by atoms with Crippen LogP contribution < -0.4 is 11.1 Å². The van der Waals surface area contributed by atoms with E-state index >= 15 is 0 Å². The summed E-state index contributed by atoms with van der Waals surface area (Å²) in [7, 11) is 0. The second-order valence-electron chi connectivity index (χ2n) is 7.89. The first kappa shape index (κ1) is 25.2. The number of rotatable bonds is 9. The number of nitrogens with two attached hydrogens (primary N) is 1. The molecule has 1 aliphatic heterocycles. The van der Waals surface area contributed by atoms with E-state index in [1.165, 1.54) is 6.92 Å². The molecule has 10 heteroatoms. The van der Waals surface area contributed by atoms with Crippen LogP contribution in [0.1, 0.15) is 24.5 Å². The largest absolute Gasteiger partial charge is 0.444 e. The Balaban J connectivity index is 1.81. The van der Waals surface area contributed by atoms with E-state index in [1.807, 2.05) is 12.1 Å². The Hall–Kier alpha value is -3.43. The van der Waals surface area contributed by atoms with Crippen LogP contribution in [-0.4, -0.2) is 52.7 Å². The third kappa shape index (κ3) is 7.03. The molecule has 3 N–H and O–H groups in total. The van der Waals surface area contributed by atoms with Crippen LogP contribution in [0.2, 0.25) is 0 Å². The summed E-state index contributed by atoms with van der Waals surface area (Å²) in [5.74, 6) is -1.28. The molecule has 1 unspecified atom stereocenters. The van der Waals surface area contributed by atoms with Gasteiger partial charge in [-0.3, -0.25) is 9.59 Å². The van der Waals surface area contributed by atoms with Crippen LogP contribution in [0.25, 0.3) is 0 Å². The van der Waals surface area contributed by atoms with Crippen LogP contribution in [0.15, 0.2) is 65.8 Å². The predicted molar refractivity (Wildman–Crippen MR) is 127 cm³/mol. The lowest BCUT2D eigenvalue weighted by molar-refractivity contribution is -0.139. The second kappa shape index (κ2) is 12.2. The van der Waals surface area contributed by atoms with Gasteiger partial charge in [0.25, 0.3) is 0 Å². The van der Waals surface area contributed by atoms with Crippen LogP contribution in [0.3, 0.4) is 0 Å². The van der Waals surface area contributed by atoms with Crippen LogP contribution in [0.5, 0.6) is 0 Å². The van der Waals surface area contributed by atoms with Gasteiger partial charge in [0.05, 0.1) is 12.6 Å². The number of amides is 3. The molecule has 3 atom stereocenters. The van der Waals surface area contributed by atoms with Gasteiger partial charge in [-0.05, 0) is 18.1 Å². The molecule has 2 aromatic carbocycles. The van der Waals surface area contributed by atoms with Gasteiger partial charge in [0, 0.05) is 12.8 Å². The van der Waals surface area contributed by atoms with E-state index in [2.05, 4.69) is 10.5 Å². The van der Waals surface area contributed by atoms with E-state index in [0.29, 0.717) is 11.6 Å². The van der Waals surface area contributed by atoms with Crippen LogP contribution in [0, 0.1) is 0 Å². The lowest BCUT2D eigenvalue weighted by atomic mass is 10.0. The minimum Gasteiger partial charge on any atom is -0.444 e. The third-order valence-corrected chi connectivity index (χ3v) is 5.34. The second-order valence-corrected chi connectivity index (χ2v) is 8.32. The number of nitrogens with zero attached hydrogens (tertiary/aromatic N) is 2. The molecule has 2 aromatic rings. The van der Waals surface area contributed by atoms with Crippen molar-refractivity contribution in [3.63, 3.8) is 0 Å². The quantitative estimate of drug-likeness (QED) is 0.561. The normalized spacial score (nSPS) is 16.6. The van der Waals surface area contributed by atoms with Crippen molar-refractivity contribution in [2.24, 2.45) is 10.9 Å². The SMILES string of the molecule is C[C@H](N)C(=O)N(C(=O)OCc1ccccc1)[C@@H](Cc1ccccc1)C(=O)NCC1CC(Cl)=NO1. The van der Waals surface area contributed by atoms with Crippen molar-refractivity contribution in [2.75, 3.05) is 6.54 Å². The summed E-state index contributed by atoms with van der Waals surface area (Å²) < 4.78 is 5.39. The highest BCUT2D eigenvalue weighted by molar-refractivity contribution is 6.65. The summed E-state index contributed by atoms with van der Waals surface area (Å²) in [4.78, 5) is 45.3. The molecule has 0 aliphatic carbocycles. The fourth-order valence-corrected chi connectivity index (χ4v) is 3.57. The number of nitrogens with one attached hydrogen (secondary N) is 1. The van der Waals surface area contributed by atoms with Gasteiger partial charge < -0.3 is 20.6 Å². The summed E-state index contributed by atoms with van der Waals surface area (Å²) in [6, 6.07) is 15.9. The van der Waals surface area contributed by atoms with E-state index < -0.39 is 36.1 Å². The summed E-state index contributed by atoms with van der Waals surface area (Å²) in [6.45, 7) is 1.49. The Bertz CT molecular complexity index is 1020. The lowest BCUT2D eigenvalue weighted by Crippen LogP contribution is -2.57. The molecule has 0 bridgehead atoms. The van der Waals surface area contributed by atoms with Crippen LogP contribution in [-0.2, 0) is 32.2 Å². The van der Waals surface area contributed by atoms with E-state index in [4.69, 9.17) is 26.9 Å². The Labute approximate surface area is 202 Å². The van der Waals surface area contributed by atoms with Gasteiger partial charge >= 0.3 is 6.09 Å². The van der Waals surface area contributed by atoms with E-state index in [-0.39, 0.29) is 19.6 Å². The van der Waals surface area contributed by atoms with Gasteiger partial charge in [-0.2, -0.15) is 0 Å². The number of carbonyl (C=O) groups excluding carboxylic acids is 3. The molecule has 3 amide bonds. The molecule has 9 nitrogen and oxygen atoms in total. The molecule has 180 valence electrons. The van der Waals surface area contributed by atoms with E-state index in [1.54, 1.807) is 48.5 Å². The minimum absolute atomic E-state index is 0.0617. The maximum Gasteiger partial charge on any atom is 0.417 e. The monoisotopic (exact) mass is 486 g/mol. The molecular formula is C24H27ClN4O5. The zero-order valence-corrected chi connectivity index (χ0v) is 19.5. The fraction of sp³-hybridized carbons (Fsp3) is 0.333. The number of hydrogen-bond donors (Lipinski definition) is 2. The molecule has 3 rings (SSSR count). The van der Waals surface area contributed by atoms with E-state index in [0.717, 1.165) is 16.0 Å². The number of carbonyl (C=O) groups is 3. The molecule has 0 fully saturated rings. The van der Waals surface area contributed by atoms with Gasteiger partial charge in [-0.25, -0.2) is 9.69 Å². The summed E-state index contributed by atoms with van der Waals surface area (Å²) in [5.41, 5.74) is 7.31. The first-order chi connectivity index (χ1) is 16.3. The molecule has 0 spiro atoms. The number of benzene rings is 2. The van der Waals surface area contributed by atoms with Crippen molar-refractivity contribution < 1.29 is 24.0 Å². The summed E-state index contributed by atoms with van der Waals surface area (Å²) >= 11 is 5.83. The van der Waals surface area contributed by atoms with Gasteiger partial charge in [0.2, 0.25) is 11.8 Å². The van der Waals surface area contributed by atoms with Crippen molar-refractivity contribution in [3.05, 3.63) is 71.8 Å². The summed E-state index contributed by atoms with van der Waals surface area (Å²) in [5, 5.41) is 6.69. The Kier molecular flexibility index (Phi) is 9.00. The van der Waals surface area contributed by atoms with E-state index in [9.17, 15) is 14.4 Å². The number of imide groups is 1. The minimum atomic E-state index is -1.19. The maximum atomic E-state index is 13.3. The predicted octanol–water partition coefficient (Wildman–Crippen LogP) is 2.57. The van der Waals surface area contributed by atoms with Crippen molar-refractivity contribution in [1.29, 1.82) is 0 Å². The highest BCUT2D eigenvalue weighted by Gasteiger charge is 2.38. The molecule has 0 saturated carbocycles. The molecule has 0 aromatic heterocycles. The standard InChI is InChI=1S/C24H27ClN4O5/c1-16(26)23(31)29(24(32)33-15-18-10-6-3-7-11-18)20(12-17-8-4-2-5-9-17)22(30)27-14-19-13-21(25)28-34-19/h2-11,16,19-20H,12-15,26H2,1H3,(H,27,30)/t16-,19?,20-/m0/s1. The van der Waals surface area contributed by atoms with Gasteiger partial charge in [0.1, 0.15) is 17.8 Å². The molecule has 0 saturated heterocycles. The van der Waals surface area contributed by atoms with Crippen molar-refractivity contribution >= 4 is 34.7 Å². The fourth-order valence-electron chi connectivity index (χ4n) is 3.35. The molecule has 1 aliphatic rings. The maximum absolute atomic E-state index is 13.3. The van der Waals surface area contributed by atoms with Crippen LogP contribution >= 0.6 is 11.6 Å². The Morgan fingerprint density at radius 1 is 1.15 bits per heavy atom. The molecule has 1 heterocycles. The Morgan fingerprint density at radius 2 is 1.76 bits per heavy atom. The van der Waals surface area contributed by atoms with Crippen molar-refractivity contribution in [3.8, 4) is 0 Å². The average molecular weight is 487 g/mol. The highest BCUT2D eigenvalue weighted by atomic mass is 35.5. The first-order valence-corrected chi connectivity index (χ1v) is 11.2. The number of halogens is 1. The smallest absolute Gasteiger partial charge is 0.417 e.